The molecule has 0 aliphatic carbocycles. The van der Waals surface area contributed by atoms with Gasteiger partial charge in [-0.05, 0) is 76.7 Å². The molecule has 392 valence electrons. The molecule has 0 aromatic heterocycles. The third-order valence-corrected chi connectivity index (χ3v) is 43.6. The monoisotopic (exact) mass is 1050 g/mol. The summed E-state index contributed by atoms with van der Waals surface area (Å²) in [6.45, 7) is 26.1. The molecule has 0 amide bonds. The third kappa shape index (κ3) is 19.0. The highest BCUT2D eigenvalue weighted by molar-refractivity contribution is 7.47. The van der Waals surface area contributed by atoms with Crippen LogP contribution in [0.25, 0.3) is 0 Å². The van der Waals surface area contributed by atoms with Crippen LogP contribution in [-0.4, -0.2) is 78.9 Å². The van der Waals surface area contributed by atoms with Crippen LogP contribution >= 0.6 is 8.60 Å². The van der Waals surface area contributed by atoms with Crippen molar-refractivity contribution >= 4 is 60.9 Å². The number of unbranched alkanes of at least 4 members (excludes halogenated alkanes) is 17. The summed E-state index contributed by atoms with van der Waals surface area (Å²) in [4.78, 5) is 0. The van der Waals surface area contributed by atoms with E-state index in [-0.39, 0.29) is 27.9 Å². The average Bonchev–Trinajstić information content (AvgIpc) is 3.36. The molecule has 4 bridgehead atoms. The molecule has 0 aromatic carbocycles. The van der Waals surface area contributed by atoms with Crippen molar-refractivity contribution in [1.82, 2.24) is 0 Å². The lowest BCUT2D eigenvalue weighted by Gasteiger charge is -2.48. The number of rotatable bonds is 32. The zero-order valence-electron chi connectivity index (χ0n) is 45.4. The highest BCUT2D eigenvalue weighted by Gasteiger charge is 2.68. The quantitative estimate of drug-likeness (QED) is 0.0368. The molecular weight excluding hydrogens is 948 g/mol. The Balaban J connectivity index is 2.32. The summed E-state index contributed by atoms with van der Waals surface area (Å²) in [5.74, 6) is 0. The smallest absolute Gasteiger partial charge is 0.417 e. The fourth-order valence-electron chi connectivity index (χ4n) is 11.1. The lowest BCUT2D eigenvalue weighted by atomic mass is 10.1. The Morgan fingerprint density at radius 2 is 1.15 bits per heavy atom. The molecule has 0 aromatic rings. The van der Waals surface area contributed by atoms with Gasteiger partial charge in [0.1, 0.15) is 0 Å². The second-order valence-electron chi connectivity index (χ2n) is 21.1. The van der Waals surface area contributed by atoms with Crippen LogP contribution in [0.5, 0.6) is 0 Å². The van der Waals surface area contributed by atoms with Crippen LogP contribution in [0.1, 0.15) is 235 Å². The molecule has 0 spiro atoms. The van der Waals surface area contributed by atoms with Gasteiger partial charge in [0.05, 0.1) is 5.73 Å². The Kier molecular flexibility index (Phi) is 30.3. The van der Waals surface area contributed by atoms with E-state index in [2.05, 4.69) is 74.7 Å². The minimum atomic E-state index is -3.58. The van der Waals surface area contributed by atoms with Crippen molar-refractivity contribution in [3.05, 3.63) is 0 Å². The van der Waals surface area contributed by atoms with Gasteiger partial charge in [-0.15, -0.1) is 0 Å². The topological polar surface area (TPSA) is 92.3 Å². The van der Waals surface area contributed by atoms with Gasteiger partial charge in [0.2, 0.25) is 0 Å². The number of fused-ring (bicyclic) bond motifs is 4. The molecule has 3 saturated heterocycles. The van der Waals surface area contributed by atoms with E-state index in [1.807, 2.05) is 14.2 Å². The Hall–Kier alpha value is 1.33. The summed E-state index contributed by atoms with van der Waals surface area (Å²) in [5, 5.41) is 0. The molecule has 10 nitrogen and oxygen atoms in total. The second-order valence-corrected chi connectivity index (χ2v) is 42.3. The number of hydrogen-bond donors (Lipinski definition) is 0. The standard InChI is InChI=1S/C49H107O10PSi6/c1-14-20-24-28-32-33-38-45(7)63(12)57-61(10)52-43-37-42-48(41-36-31-27-23-17-4)64(13)53-49-44-62(11,58-63)54-60(55-65(49,50-8)46(18-5)39-34-29-25-21-15-2)56-66(51-9,59-64)47(19-6)40-35-30-26-22-16-3/h45-49,61H,14-44H2,1-13H3. The lowest BCUT2D eigenvalue weighted by Crippen LogP contribution is -2.65. The fourth-order valence-corrected chi connectivity index (χ4v) is 44.0. The van der Waals surface area contributed by atoms with E-state index >= 15 is 0 Å². The molecule has 12 unspecified atom stereocenters. The molecule has 17 heteroatoms. The molecule has 0 N–H and O–H groups in total. The van der Waals surface area contributed by atoms with Gasteiger partial charge < -0.3 is 42.7 Å². The van der Waals surface area contributed by atoms with Crippen molar-refractivity contribution in [2.45, 2.75) is 295 Å². The molecule has 3 aliphatic heterocycles. The van der Waals surface area contributed by atoms with Crippen molar-refractivity contribution in [3.63, 3.8) is 0 Å². The maximum atomic E-state index is 8.19. The first kappa shape index (κ1) is 61.6. The maximum absolute atomic E-state index is 8.19. The van der Waals surface area contributed by atoms with Gasteiger partial charge in [-0.25, -0.2) is 0 Å². The average molecular weight is 1060 g/mol. The first-order chi connectivity index (χ1) is 31.7. The van der Waals surface area contributed by atoms with Crippen molar-refractivity contribution in [2.24, 2.45) is 0 Å². The van der Waals surface area contributed by atoms with E-state index in [9.17, 15) is 0 Å². The molecule has 3 fully saturated rings. The van der Waals surface area contributed by atoms with Crippen LogP contribution in [0.2, 0.25) is 54.4 Å². The van der Waals surface area contributed by atoms with E-state index in [1.165, 1.54) is 116 Å². The van der Waals surface area contributed by atoms with Crippen LogP contribution in [0, 0.1) is 0 Å². The predicted octanol–water partition coefficient (Wildman–Crippen LogP) is 17.0. The minimum Gasteiger partial charge on any atom is -0.417 e. The zero-order chi connectivity index (χ0) is 48.5. The van der Waals surface area contributed by atoms with Crippen LogP contribution in [0.3, 0.4) is 0 Å². The van der Waals surface area contributed by atoms with E-state index in [0.717, 1.165) is 70.6 Å². The Labute approximate surface area is 417 Å². The van der Waals surface area contributed by atoms with E-state index in [1.54, 1.807) is 0 Å². The second kappa shape index (κ2) is 32.5. The maximum Gasteiger partial charge on any atom is 0.501 e. The van der Waals surface area contributed by atoms with Gasteiger partial charge >= 0.3 is 60.9 Å². The fraction of sp³-hybridized carbons (Fsp3) is 1.00. The molecule has 0 saturated carbocycles. The molecule has 66 heavy (non-hydrogen) atoms. The Bertz CT molecular complexity index is 1280. The summed E-state index contributed by atoms with van der Waals surface area (Å²) in [6, 6.07) is 0.611. The SMILES string of the molecule is CCCCCCCCC(C)[Si]1(C)O[SiH](C)OCCCC(CCCCCCC)[Si]2(C)OC3C[Si](C)(OP(O[Si](OC)(C(CC)CCCCCCC)O2)O[Si]3(OC)C(CC)CCCCCCC)O1. The van der Waals surface area contributed by atoms with Gasteiger partial charge in [0, 0.05) is 43.5 Å². The van der Waals surface area contributed by atoms with Gasteiger partial charge in [0.15, 0.2) is 0 Å². The highest BCUT2D eigenvalue weighted by Crippen LogP contribution is 2.61. The summed E-state index contributed by atoms with van der Waals surface area (Å²) >= 11 is 0. The summed E-state index contributed by atoms with van der Waals surface area (Å²) in [7, 11) is -16.6. The predicted molar refractivity (Wildman–Crippen MR) is 291 cm³/mol. The lowest BCUT2D eigenvalue weighted by molar-refractivity contribution is 0.116. The summed E-state index contributed by atoms with van der Waals surface area (Å²) in [6.07, 6.45) is 33.8. The first-order valence-electron chi connectivity index (χ1n) is 28.1. The third-order valence-electron chi connectivity index (χ3n) is 15.5. The molecule has 3 heterocycles. The number of hydrogen-bond acceptors (Lipinski definition) is 10. The molecular formula is C49H107O10PSi6. The summed E-state index contributed by atoms with van der Waals surface area (Å²) < 4.78 is 75.2. The van der Waals surface area contributed by atoms with Gasteiger partial charge in [-0.3, -0.25) is 0 Å². The van der Waals surface area contributed by atoms with Gasteiger partial charge in [-0.2, -0.15) is 0 Å². The van der Waals surface area contributed by atoms with Crippen LogP contribution < -0.4 is 0 Å². The normalized spacial score (nSPS) is 33.8. The van der Waals surface area contributed by atoms with Crippen LogP contribution in [-0.2, 0) is 42.7 Å². The van der Waals surface area contributed by atoms with E-state index < -0.39 is 60.9 Å². The first-order valence-corrected chi connectivity index (χ1v) is 42.3. The highest BCUT2D eigenvalue weighted by atomic mass is 31.2. The molecule has 3 aliphatic rings. The summed E-state index contributed by atoms with van der Waals surface area (Å²) in [5.41, 5.74) is 0.406. The van der Waals surface area contributed by atoms with E-state index in [4.69, 9.17) is 42.7 Å². The van der Waals surface area contributed by atoms with Crippen molar-refractivity contribution < 1.29 is 42.7 Å². The Morgan fingerprint density at radius 3 is 1.70 bits per heavy atom. The molecule has 12 atom stereocenters. The van der Waals surface area contributed by atoms with Crippen LogP contribution in [0.4, 0.5) is 0 Å². The van der Waals surface area contributed by atoms with Gasteiger partial charge in [0.25, 0.3) is 0 Å². The van der Waals surface area contributed by atoms with Crippen molar-refractivity contribution in [1.29, 1.82) is 0 Å². The van der Waals surface area contributed by atoms with Crippen LogP contribution in [0.15, 0.2) is 0 Å². The largest absolute Gasteiger partial charge is 0.501 e. The minimum absolute atomic E-state index is 0.0836. The van der Waals surface area contributed by atoms with E-state index in [0.29, 0.717) is 12.7 Å². The van der Waals surface area contributed by atoms with Crippen molar-refractivity contribution in [2.75, 3.05) is 20.8 Å². The molecule has 3 rings (SSSR count). The van der Waals surface area contributed by atoms with Crippen molar-refractivity contribution in [3.8, 4) is 0 Å². The zero-order valence-corrected chi connectivity index (χ0v) is 52.5. The van der Waals surface area contributed by atoms with Gasteiger partial charge in [-0.1, -0.05) is 190 Å². The Morgan fingerprint density at radius 1 is 0.621 bits per heavy atom. The molecule has 0 radical (unpaired) electrons.